The molecule has 0 unspecified atom stereocenters. The molecule has 2 heterocycles. The van der Waals surface area contributed by atoms with Gasteiger partial charge in [0.15, 0.2) is 0 Å². The zero-order valence-corrected chi connectivity index (χ0v) is 30.6. The summed E-state index contributed by atoms with van der Waals surface area (Å²) >= 11 is 12.3. The van der Waals surface area contributed by atoms with E-state index in [1.807, 2.05) is 60.7 Å². The van der Waals surface area contributed by atoms with Gasteiger partial charge in [-0.15, -0.1) is 6.42 Å². The summed E-state index contributed by atoms with van der Waals surface area (Å²) in [7, 11) is 0. The van der Waals surface area contributed by atoms with E-state index in [2.05, 4.69) is 16.6 Å². The van der Waals surface area contributed by atoms with Gasteiger partial charge in [0.2, 0.25) is 11.8 Å². The number of rotatable bonds is 10. The Balaban J connectivity index is 1.16. The Hall–Kier alpha value is -5.86. The zero-order chi connectivity index (χ0) is 37.8. The van der Waals surface area contributed by atoms with E-state index >= 15 is 0 Å². The number of amides is 5. The molecule has 2 fully saturated rings. The van der Waals surface area contributed by atoms with Crippen LogP contribution in [0, 0.1) is 12.3 Å². The number of urea groups is 1. The predicted molar refractivity (Wildman–Crippen MR) is 209 cm³/mol. The number of piperazine rings is 1. The van der Waals surface area contributed by atoms with E-state index in [0.29, 0.717) is 27.8 Å². The maximum atomic E-state index is 14.5. The molecule has 0 bridgehead atoms. The third-order valence-electron chi connectivity index (χ3n) is 9.70. The maximum Gasteiger partial charge on any atom is 0.333 e. The van der Waals surface area contributed by atoms with E-state index < -0.39 is 18.2 Å². The lowest BCUT2D eigenvalue weighted by molar-refractivity contribution is -0.157. The molecule has 2 atom stereocenters. The van der Waals surface area contributed by atoms with Gasteiger partial charge in [-0.1, -0.05) is 108 Å². The highest BCUT2D eigenvalue weighted by Gasteiger charge is 2.52. The quantitative estimate of drug-likeness (QED) is 0.157. The second-order valence-electron chi connectivity index (χ2n) is 13.1. The summed E-state index contributed by atoms with van der Waals surface area (Å²) in [4.78, 5) is 58.3. The molecule has 2 N–H and O–H groups in total. The van der Waals surface area contributed by atoms with E-state index in [1.165, 1.54) is 5.01 Å². The molecule has 2 saturated heterocycles. The van der Waals surface area contributed by atoms with Crippen LogP contribution in [0.2, 0.25) is 10.0 Å². The highest BCUT2D eigenvalue weighted by atomic mass is 35.5. The molecule has 0 spiro atoms. The maximum absolute atomic E-state index is 14.5. The fraction of sp³-hybridized carbons (Fsp3) is 0.190. The van der Waals surface area contributed by atoms with Gasteiger partial charge in [-0.2, -0.15) is 5.01 Å². The number of carbonyl (C=O) groups is 4. The summed E-state index contributed by atoms with van der Waals surface area (Å²) in [6, 6.07) is 33.8. The number of hydrazine groups is 1. The number of anilines is 1. The number of fused-ring (bicyclic) bond motifs is 2. The molecule has 0 aromatic heterocycles. The Kier molecular flexibility index (Phi) is 10.8. The molecule has 5 aromatic carbocycles. The average molecular weight is 760 g/mol. The van der Waals surface area contributed by atoms with Gasteiger partial charge in [-0.05, 0) is 63.9 Å². The fourth-order valence-electron chi connectivity index (χ4n) is 7.05. The molecule has 272 valence electrons. The minimum Gasteiger partial charge on any atom is -0.333 e. The van der Waals surface area contributed by atoms with Crippen LogP contribution >= 0.6 is 23.2 Å². The Morgan fingerprint density at radius 1 is 0.852 bits per heavy atom. The molecular formula is C42H36Cl2N6O4. The van der Waals surface area contributed by atoms with Crippen molar-refractivity contribution in [3.8, 4) is 12.3 Å². The van der Waals surface area contributed by atoms with Gasteiger partial charge < -0.3 is 20.4 Å². The monoisotopic (exact) mass is 758 g/mol. The molecule has 0 radical (unpaired) electrons. The highest BCUT2D eigenvalue weighted by molar-refractivity contribution is 6.42. The molecule has 7 rings (SSSR count). The SMILES string of the molecule is C#CCN(C(=O)NCc1ccc(Cl)c(Cl)c1)N1CC(=O)N2[C@@H](Cc3ccc(NC(=O)c4ccccc4)cc3)C(=O)N(Cc3cccc4ccccc34)C[C@@H]21. The molecule has 0 aliphatic carbocycles. The number of carbonyl (C=O) groups excluding carboxylic acids is 4. The molecule has 5 amide bonds. The molecule has 0 saturated carbocycles. The van der Waals surface area contributed by atoms with Crippen LogP contribution in [0.1, 0.15) is 27.0 Å². The standard InChI is InChI=1S/C42H36Cl2N6O4/c1-2-21-48(42(54)45-24-29-17-20-35(43)36(44)22-29)49-27-39(51)50-37(23-28-15-18-33(19-16-28)46-40(52)31-10-4-3-5-11-31)41(53)47(26-38(49)50)25-32-13-8-12-30-9-6-7-14-34(30)32/h1,3-20,22,37-38H,21,23-27H2,(H,45,54)(H,46,52)/t37-,38+/m0/s1. The molecule has 2 aliphatic heterocycles. The van der Waals surface area contributed by atoms with Crippen molar-refractivity contribution < 1.29 is 19.2 Å². The third kappa shape index (κ3) is 7.75. The highest BCUT2D eigenvalue weighted by Crippen LogP contribution is 2.32. The number of hydrogen-bond acceptors (Lipinski definition) is 5. The summed E-state index contributed by atoms with van der Waals surface area (Å²) in [5, 5.41) is 11.6. The molecule has 54 heavy (non-hydrogen) atoms. The number of nitrogens with zero attached hydrogens (tertiary/aromatic N) is 4. The fourth-order valence-corrected chi connectivity index (χ4v) is 7.37. The first-order chi connectivity index (χ1) is 26.2. The number of terminal acetylenes is 1. The zero-order valence-electron chi connectivity index (χ0n) is 29.1. The van der Waals surface area contributed by atoms with Crippen molar-refractivity contribution in [1.82, 2.24) is 25.1 Å². The van der Waals surface area contributed by atoms with Crippen LogP contribution in [0.15, 0.2) is 115 Å². The number of halogens is 2. The van der Waals surface area contributed by atoms with E-state index in [4.69, 9.17) is 29.6 Å². The summed E-state index contributed by atoms with van der Waals surface area (Å²) in [5.41, 5.74) is 3.61. The minimum absolute atomic E-state index is 0.108. The van der Waals surface area contributed by atoms with Crippen LogP contribution in [0.3, 0.4) is 0 Å². The Morgan fingerprint density at radius 2 is 1.57 bits per heavy atom. The third-order valence-corrected chi connectivity index (χ3v) is 10.4. The normalized spacial score (nSPS) is 16.9. The molecule has 5 aromatic rings. The second kappa shape index (κ2) is 16.0. The summed E-state index contributed by atoms with van der Waals surface area (Å²) in [5.74, 6) is 1.82. The Labute approximate surface area is 323 Å². The van der Waals surface area contributed by atoms with Crippen molar-refractivity contribution >= 4 is 63.4 Å². The summed E-state index contributed by atoms with van der Waals surface area (Å²) in [6.45, 7) is 0.330. The van der Waals surface area contributed by atoms with E-state index in [-0.39, 0.29) is 50.3 Å². The van der Waals surface area contributed by atoms with Gasteiger partial charge in [0.25, 0.3) is 5.91 Å². The lowest BCUT2D eigenvalue weighted by Gasteiger charge is -2.46. The van der Waals surface area contributed by atoms with Gasteiger partial charge in [-0.25, -0.2) is 9.80 Å². The lowest BCUT2D eigenvalue weighted by atomic mass is 9.98. The van der Waals surface area contributed by atoms with Gasteiger partial charge in [0.1, 0.15) is 12.2 Å². The topological polar surface area (TPSA) is 105 Å². The number of benzene rings is 5. The van der Waals surface area contributed by atoms with Crippen molar-refractivity contribution in [2.24, 2.45) is 0 Å². The van der Waals surface area contributed by atoms with Gasteiger partial charge in [0.05, 0.1) is 29.7 Å². The van der Waals surface area contributed by atoms with Gasteiger partial charge in [0, 0.05) is 30.8 Å². The largest absolute Gasteiger partial charge is 0.333 e. The summed E-state index contributed by atoms with van der Waals surface area (Å²) < 4.78 is 0. The van der Waals surface area contributed by atoms with Crippen molar-refractivity contribution in [2.75, 3.05) is 25.0 Å². The number of nitrogens with one attached hydrogen (secondary N) is 2. The Morgan fingerprint density at radius 3 is 2.33 bits per heavy atom. The van der Waals surface area contributed by atoms with E-state index in [9.17, 15) is 19.2 Å². The first-order valence-electron chi connectivity index (χ1n) is 17.4. The van der Waals surface area contributed by atoms with Gasteiger partial charge >= 0.3 is 6.03 Å². The number of hydrogen-bond donors (Lipinski definition) is 2. The smallest absolute Gasteiger partial charge is 0.333 e. The minimum atomic E-state index is -0.868. The van der Waals surface area contributed by atoms with Crippen LogP contribution in [0.25, 0.3) is 10.8 Å². The van der Waals surface area contributed by atoms with Gasteiger partial charge in [-0.3, -0.25) is 14.4 Å². The van der Waals surface area contributed by atoms with Crippen LogP contribution in [0.4, 0.5) is 10.5 Å². The lowest BCUT2D eigenvalue weighted by Crippen LogP contribution is -2.66. The van der Waals surface area contributed by atoms with Crippen molar-refractivity contribution in [1.29, 1.82) is 0 Å². The van der Waals surface area contributed by atoms with Crippen LogP contribution in [0.5, 0.6) is 0 Å². The first kappa shape index (κ1) is 36.5. The second-order valence-corrected chi connectivity index (χ2v) is 14.0. The van der Waals surface area contributed by atoms with Crippen LogP contribution < -0.4 is 10.6 Å². The molecule has 2 aliphatic rings. The molecule has 10 nitrogen and oxygen atoms in total. The van der Waals surface area contributed by atoms with E-state index in [1.54, 1.807) is 69.4 Å². The summed E-state index contributed by atoms with van der Waals surface area (Å²) in [6.07, 6.45) is 5.31. The van der Waals surface area contributed by atoms with Crippen molar-refractivity contribution in [3.05, 3.63) is 148 Å². The van der Waals surface area contributed by atoms with E-state index in [0.717, 1.165) is 27.5 Å². The molecule has 12 heteroatoms. The van der Waals surface area contributed by atoms with Crippen molar-refractivity contribution in [2.45, 2.75) is 31.7 Å². The van der Waals surface area contributed by atoms with Crippen molar-refractivity contribution in [3.63, 3.8) is 0 Å². The molecular weight excluding hydrogens is 723 g/mol. The Bertz CT molecular complexity index is 2260. The predicted octanol–water partition coefficient (Wildman–Crippen LogP) is 6.58. The van der Waals surface area contributed by atoms with Crippen LogP contribution in [-0.4, -0.2) is 75.4 Å². The average Bonchev–Trinajstić information content (AvgIpc) is 3.51. The first-order valence-corrected chi connectivity index (χ1v) is 18.2. The van der Waals surface area contributed by atoms with Crippen LogP contribution in [-0.2, 0) is 29.1 Å².